The first kappa shape index (κ1) is 111. The van der Waals surface area contributed by atoms with E-state index in [0.29, 0.717) is 98.2 Å². The second-order valence-corrected chi connectivity index (χ2v) is 30.0. The van der Waals surface area contributed by atoms with Gasteiger partial charge in [0.25, 0.3) is 0 Å². The first-order valence-corrected chi connectivity index (χ1v) is 44.9. The largest absolute Gasteiger partial charge is 0.464 e. The Morgan fingerprint density at radius 3 is 0.500 bits per heavy atom. The van der Waals surface area contributed by atoms with E-state index in [1.807, 2.05) is 0 Å². The molecule has 0 spiro atoms. The van der Waals surface area contributed by atoms with Crippen LogP contribution in [-0.2, 0) is 95.0 Å². The van der Waals surface area contributed by atoms with E-state index in [2.05, 4.69) is 34.6 Å². The molecule has 0 aromatic heterocycles. The second-order valence-electron chi connectivity index (χ2n) is 30.0. The van der Waals surface area contributed by atoms with Crippen molar-refractivity contribution in [1.29, 1.82) is 0 Å². The SMILES string of the molecule is CCCCCCOCOCCCCCCOC(=O)C(O)CN(CCCN(CC(O)C(=O)OCCCCCCOCOCCCCCC)CC(O)C(=O)OCCCCCCOCOCCCCCC)CCCN(CC(O)C(=O)OCCCCCCOCOCCCCCC)CC(O)C(=O)OCCCCCCOCOCCCCCC. The van der Waals surface area contributed by atoms with Crippen LogP contribution in [0.15, 0.2) is 0 Å². The molecule has 0 aromatic carbocycles. The topological polar surface area (TPSA) is 335 Å². The molecule has 0 saturated carbocycles. The molecule has 0 aliphatic rings. The van der Waals surface area contributed by atoms with Crippen LogP contribution in [-0.4, -0.2) is 293 Å². The van der Waals surface area contributed by atoms with Gasteiger partial charge in [0, 0.05) is 98.8 Å². The number of aliphatic hydroxyl groups excluding tert-OH is 5. The fourth-order valence-corrected chi connectivity index (χ4v) is 12.1. The number of carbonyl (C=O) groups excluding carboxylic acids is 5. The van der Waals surface area contributed by atoms with Gasteiger partial charge >= 0.3 is 29.8 Å². The molecule has 0 saturated heterocycles. The third-order valence-corrected chi connectivity index (χ3v) is 19.1. The maximum Gasteiger partial charge on any atom is 0.336 e. The Hall–Kier alpha value is -3.37. The molecule has 5 N–H and O–H groups in total. The Morgan fingerprint density at radius 2 is 0.333 bits per heavy atom. The van der Waals surface area contributed by atoms with Gasteiger partial charge in [0.05, 0.1) is 33.0 Å². The number of esters is 5. The number of rotatable bonds is 93. The van der Waals surface area contributed by atoms with Gasteiger partial charge in [-0.25, -0.2) is 24.0 Å². The highest BCUT2D eigenvalue weighted by atomic mass is 16.7. The number of ether oxygens (including phenoxy) is 15. The molecule has 28 heteroatoms. The van der Waals surface area contributed by atoms with Crippen LogP contribution >= 0.6 is 0 Å². The predicted molar refractivity (Wildman–Crippen MR) is 440 cm³/mol. The summed E-state index contributed by atoms with van der Waals surface area (Å²) in [6, 6.07) is 0. The van der Waals surface area contributed by atoms with Gasteiger partial charge in [0.1, 0.15) is 34.0 Å². The summed E-state index contributed by atoms with van der Waals surface area (Å²) in [4.78, 5) is 71.8. The lowest BCUT2D eigenvalue weighted by molar-refractivity contribution is -0.158. The van der Waals surface area contributed by atoms with Crippen LogP contribution in [0.2, 0.25) is 0 Å². The summed E-state index contributed by atoms with van der Waals surface area (Å²) >= 11 is 0. The Morgan fingerprint density at radius 1 is 0.193 bits per heavy atom. The molecule has 0 aromatic rings. The maximum absolute atomic E-state index is 13.5. The van der Waals surface area contributed by atoms with E-state index in [0.717, 1.165) is 193 Å². The van der Waals surface area contributed by atoms with Crippen molar-refractivity contribution in [2.75, 3.05) is 192 Å². The molecule has 0 radical (unpaired) electrons. The zero-order valence-electron chi connectivity index (χ0n) is 72.3. The van der Waals surface area contributed by atoms with E-state index in [9.17, 15) is 49.5 Å². The monoisotopic (exact) mass is 1640 g/mol. The number of carbonyl (C=O) groups is 5. The maximum atomic E-state index is 13.5. The molecular formula is C86H167N3O25. The molecule has 0 bridgehead atoms. The smallest absolute Gasteiger partial charge is 0.336 e. The average Bonchev–Trinajstić information content (AvgIpc) is 0.907. The van der Waals surface area contributed by atoms with Crippen LogP contribution in [0.4, 0.5) is 0 Å². The molecule has 114 heavy (non-hydrogen) atoms. The highest BCUT2D eigenvalue weighted by molar-refractivity contribution is 5.76. The minimum atomic E-state index is -1.65. The minimum Gasteiger partial charge on any atom is -0.464 e. The van der Waals surface area contributed by atoms with Crippen LogP contribution in [0.1, 0.15) is 304 Å². The van der Waals surface area contributed by atoms with Crippen LogP contribution in [0.5, 0.6) is 0 Å². The molecule has 28 nitrogen and oxygen atoms in total. The number of nitrogens with zero attached hydrogens (tertiary/aromatic N) is 3. The van der Waals surface area contributed by atoms with Gasteiger partial charge in [-0.05, 0) is 167 Å². The summed E-state index contributed by atoms with van der Waals surface area (Å²) in [6.07, 6.45) is 29.6. The summed E-state index contributed by atoms with van der Waals surface area (Å²) in [5.41, 5.74) is 0. The highest BCUT2D eigenvalue weighted by Gasteiger charge is 2.29. The zero-order valence-corrected chi connectivity index (χ0v) is 72.3. The van der Waals surface area contributed by atoms with E-state index in [-0.39, 0.29) is 139 Å². The van der Waals surface area contributed by atoms with E-state index >= 15 is 0 Å². The first-order chi connectivity index (χ1) is 55.7. The van der Waals surface area contributed by atoms with Crippen LogP contribution in [0.3, 0.4) is 0 Å². The Bertz CT molecular complexity index is 1860. The lowest BCUT2D eigenvalue weighted by Gasteiger charge is -2.30. The molecular weight excluding hydrogens is 1470 g/mol. The molecule has 676 valence electrons. The fourth-order valence-electron chi connectivity index (χ4n) is 12.1. The van der Waals surface area contributed by atoms with Crippen molar-refractivity contribution < 1.29 is 121 Å². The molecule has 5 atom stereocenters. The van der Waals surface area contributed by atoms with Crippen LogP contribution < -0.4 is 0 Å². The van der Waals surface area contributed by atoms with E-state index in [4.69, 9.17) is 71.1 Å². The number of hydrogen-bond acceptors (Lipinski definition) is 28. The normalized spacial score (nSPS) is 13.1. The molecule has 5 unspecified atom stereocenters. The van der Waals surface area contributed by atoms with Crippen molar-refractivity contribution >= 4 is 29.8 Å². The number of aliphatic hydroxyl groups is 5. The van der Waals surface area contributed by atoms with Crippen molar-refractivity contribution in [2.24, 2.45) is 0 Å². The second kappa shape index (κ2) is 87.4. The minimum absolute atomic E-state index is 0.0720. The molecule has 0 amide bonds. The summed E-state index contributed by atoms with van der Waals surface area (Å²) in [6.45, 7) is 17.7. The van der Waals surface area contributed by atoms with Gasteiger partial charge < -0.3 is 101 Å². The number of unbranched alkanes of at least 4 members (excludes halogenated alkanes) is 30. The van der Waals surface area contributed by atoms with Crippen molar-refractivity contribution in [3.63, 3.8) is 0 Å². The fraction of sp³-hybridized carbons (Fsp3) is 0.942. The summed E-state index contributed by atoms with van der Waals surface area (Å²) in [5.74, 6) is -4.30. The van der Waals surface area contributed by atoms with Gasteiger partial charge in [0.2, 0.25) is 0 Å². The summed E-state index contributed by atoms with van der Waals surface area (Å²) in [5, 5.41) is 56.8. The van der Waals surface area contributed by atoms with Crippen molar-refractivity contribution in [3.8, 4) is 0 Å². The average molecular weight is 1640 g/mol. The lowest BCUT2D eigenvalue weighted by atomic mass is 10.2. The van der Waals surface area contributed by atoms with Crippen molar-refractivity contribution in [3.05, 3.63) is 0 Å². The van der Waals surface area contributed by atoms with E-state index in [1.165, 1.54) is 32.1 Å². The molecule has 0 heterocycles. The Balaban J connectivity index is 6.40. The van der Waals surface area contributed by atoms with Gasteiger partial charge in [-0.3, -0.25) is 9.80 Å². The molecule has 0 aliphatic heterocycles. The highest BCUT2D eigenvalue weighted by Crippen LogP contribution is 2.14. The van der Waals surface area contributed by atoms with Gasteiger partial charge in [0.15, 0.2) is 30.5 Å². The number of hydrogen-bond donors (Lipinski definition) is 5. The van der Waals surface area contributed by atoms with Crippen LogP contribution in [0.25, 0.3) is 0 Å². The standard InChI is InChI=1S/C86H167N3O25/c1-6-11-16-31-52-100-72-105-57-36-21-26-41-62-110-82(95)77(90)67-87(48-46-50-88(68-78(91)83(96)111-63-42-27-22-37-58-106-73-101-53-32-17-12-7-2)69-79(92)84(97)112-64-43-28-23-38-59-107-74-102-54-33-18-13-8-3)49-47-51-89(70-80(93)85(98)113-65-44-29-24-39-60-108-75-103-55-34-19-14-9-4)71-81(94)86(99)114-66-45-30-25-40-61-109-76-104-56-35-20-15-10-5/h77-81,90-94H,6-76H2,1-5H3. The third kappa shape index (κ3) is 76.1. The summed E-state index contributed by atoms with van der Waals surface area (Å²) in [7, 11) is 0. The molecule has 0 fully saturated rings. The lowest BCUT2D eigenvalue weighted by Crippen LogP contribution is -2.46. The predicted octanol–water partition coefficient (Wildman–Crippen LogP) is 12.9. The van der Waals surface area contributed by atoms with E-state index in [1.54, 1.807) is 14.7 Å². The van der Waals surface area contributed by atoms with Crippen LogP contribution in [0, 0.1) is 0 Å². The van der Waals surface area contributed by atoms with Gasteiger partial charge in [-0.1, -0.05) is 163 Å². The summed E-state index contributed by atoms with van der Waals surface area (Å²) < 4.78 is 83.4. The van der Waals surface area contributed by atoms with Gasteiger partial charge in [-0.15, -0.1) is 0 Å². The van der Waals surface area contributed by atoms with Crippen molar-refractivity contribution in [2.45, 2.75) is 335 Å². The first-order valence-electron chi connectivity index (χ1n) is 44.9. The quantitative estimate of drug-likeness (QED) is 0.0163. The van der Waals surface area contributed by atoms with Crippen molar-refractivity contribution in [1.82, 2.24) is 14.7 Å². The Labute approximate surface area is 689 Å². The van der Waals surface area contributed by atoms with Gasteiger partial charge in [-0.2, -0.15) is 0 Å². The molecule has 0 aliphatic carbocycles. The Kier molecular flexibility index (Phi) is 84.9. The van der Waals surface area contributed by atoms with E-state index < -0.39 is 60.4 Å². The third-order valence-electron chi connectivity index (χ3n) is 19.1. The zero-order chi connectivity index (χ0) is 83.3. The molecule has 0 rings (SSSR count).